The highest BCUT2D eigenvalue weighted by atomic mass is 32.1. The van der Waals surface area contributed by atoms with Gasteiger partial charge in [0.15, 0.2) is 10.9 Å². The number of thiazole rings is 1. The van der Waals surface area contributed by atoms with Gasteiger partial charge < -0.3 is 14.8 Å². The highest BCUT2D eigenvalue weighted by Crippen LogP contribution is 2.29. The second-order valence-corrected chi connectivity index (χ2v) is 5.93. The van der Waals surface area contributed by atoms with E-state index >= 15 is 0 Å². The number of hydrogen-bond acceptors (Lipinski definition) is 6. The number of nitrogens with one attached hydrogen (secondary N) is 2. The number of esters is 1. The number of carbonyl (C=O) groups excluding carboxylic acids is 2. The molecule has 1 aromatic heterocycles. The van der Waals surface area contributed by atoms with Crippen LogP contribution >= 0.6 is 11.3 Å². The molecule has 0 spiro atoms. The number of para-hydroxylation sites is 2. The average molecular weight is 369 g/mol. The van der Waals surface area contributed by atoms with E-state index in [4.69, 9.17) is 4.74 Å². The van der Waals surface area contributed by atoms with Crippen LogP contribution in [0.15, 0.2) is 60.1 Å². The summed E-state index contributed by atoms with van der Waals surface area (Å²) in [6.07, 6.45) is 1.61. The van der Waals surface area contributed by atoms with E-state index in [-0.39, 0.29) is 0 Å². The van der Waals surface area contributed by atoms with Crippen LogP contribution in [-0.2, 0) is 4.74 Å². The number of hydrogen-bond donors (Lipinski definition) is 2. The zero-order valence-electron chi connectivity index (χ0n) is 13.8. The van der Waals surface area contributed by atoms with Gasteiger partial charge in [-0.05, 0) is 36.4 Å². The van der Waals surface area contributed by atoms with E-state index < -0.39 is 12.0 Å². The monoisotopic (exact) mass is 369 g/mol. The van der Waals surface area contributed by atoms with Crippen molar-refractivity contribution in [1.82, 2.24) is 4.98 Å². The quantitative estimate of drug-likeness (QED) is 0.652. The highest BCUT2D eigenvalue weighted by Gasteiger charge is 2.10. The maximum Gasteiger partial charge on any atom is 0.337 e. The molecule has 0 radical (unpaired) electrons. The van der Waals surface area contributed by atoms with Crippen molar-refractivity contribution in [3.63, 3.8) is 0 Å². The topological polar surface area (TPSA) is 89.5 Å². The Morgan fingerprint density at radius 2 is 1.81 bits per heavy atom. The standard InChI is InChI=1S/C18H15N3O4S/c1-24-16(22)12-6-8-13(9-7-12)25-15-5-3-2-4-14(15)20-17(23)21-18-19-10-11-26-18/h2-11H,1H3,(H2,19,20,21,23). The molecule has 132 valence electrons. The molecule has 8 heteroatoms. The van der Waals surface area contributed by atoms with Crippen LogP contribution in [0.3, 0.4) is 0 Å². The van der Waals surface area contributed by atoms with E-state index in [1.165, 1.54) is 18.4 Å². The Balaban J connectivity index is 1.70. The summed E-state index contributed by atoms with van der Waals surface area (Å²) in [6, 6.07) is 13.1. The third-order valence-corrected chi connectivity index (χ3v) is 3.98. The summed E-state index contributed by atoms with van der Waals surface area (Å²) in [7, 11) is 1.32. The molecule has 2 amide bonds. The van der Waals surface area contributed by atoms with E-state index in [1.807, 2.05) is 0 Å². The van der Waals surface area contributed by atoms with Crippen molar-refractivity contribution in [3.05, 3.63) is 65.7 Å². The van der Waals surface area contributed by atoms with E-state index in [2.05, 4.69) is 20.4 Å². The normalized spacial score (nSPS) is 10.0. The number of anilines is 2. The minimum Gasteiger partial charge on any atom is -0.465 e. The van der Waals surface area contributed by atoms with Gasteiger partial charge in [-0.25, -0.2) is 14.6 Å². The summed E-state index contributed by atoms with van der Waals surface area (Å²) < 4.78 is 10.5. The van der Waals surface area contributed by atoms with Gasteiger partial charge in [-0.2, -0.15) is 0 Å². The van der Waals surface area contributed by atoms with Gasteiger partial charge in [-0.3, -0.25) is 5.32 Å². The molecular formula is C18H15N3O4S. The van der Waals surface area contributed by atoms with E-state index in [0.717, 1.165) is 0 Å². The van der Waals surface area contributed by atoms with Crippen LogP contribution in [0.5, 0.6) is 11.5 Å². The smallest absolute Gasteiger partial charge is 0.337 e. The fourth-order valence-corrected chi connectivity index (χ4v) is 2.62. The first-order valence-corrected chi connectivity index (χ1v) is 8.46. The molecule has 3 aromatic rings. The summed E-state index contributed by atoms with van der Waals surface area (Å²) in [5, 5.41) is 7.63. The molecule has 0 fully saturated rings. The zero-order chi connectivity index (χ0) is 18.4. The minimum absolute atomic E-state index is 0.419. The van der Waals surface area contributed by atoms with Crippen LogP contribution in [0, 0.1) is 0 Å². The Bertz CT molecular complexity index is 895. The number of methoxy groups -OCH3 is 1. The van der Waals surface area contributed by atoms with Crippen molar-refractivity contribution in [2.75, 3.05) is 17.7 Å². The Hall–Kier alpha value is -3.39. The lowest BCUT2D eigenvalue weighted by molar-refractivity contribution is 0.0600. The van der Waals surface area contributed by atoms with Gasteiger partial charge in [0.1, 0.15) is 5.75 Å². The third kappa shape index (κ3) is 4.37. The van der Waals surface area contributed by atoms with Crippen LogP contribution in [0.25, 0.3) is 0 Å². The fraction of sp³-hybridized carbons (Fsp3) is 0.0556. The SMILES string of the molecule is COC(=O)c1ccc(Oc2ccccc2NC(=O)Nc2nccs2)cc1. The Kier molecular flexibility index (Phi) is 5.45. The summed E-state index contributed by atoms with van der Waals surface area (Å²) >= 11 is 1.32. The molecule has 7 nitrogen and oxygen atoms in total. The second-order valence-electron chi connectivity index (χ2n) is 5.03. The molecule has 0 saturated heterocycles. The first kappa shape index (κ1) is 17.4. The van der Waals surface area contributed by atoms with Crippen LogP contribution in [-0.4, -0.2) is 24.1 Å². The van der Waals surface area contributed by atoms with Crippen molar-refractivity contribution in [3.8, 4) is 11.5 Å². The number of rotatable bonds is 5. The predicted octanol–water partition coefficient (Wildman–Crippen LogP) is 4.37. The van der Waals surface area contributed by atoms with Crippen molar-refractivity contribution < 1.29 is 19.1 Å². The third-order valence-electron chi connectivity index (χ3n) is 3.29. The van der Waals surface area contributed by atoms with Gasteiger partial charge in [0.25, 0.3) is 0 Å². The number of ether oxygens (including phenoxy) is 2. The molecule has 1 heterocycles. The maximum absolute atomic E-state index is 12.1. The zero-order valence-corrected chi connectivity index (χ0v) is 14.6. The van der Waals surface area contributed by atoms with Crippen LogP contribution in [0.1, 0.15) is 10.4 Å². The molecule has 0 aliphatic heterocycles. The van der Waals surface area contributed by atoms with Crippen LogP contribution in [0.4, 0.5) is 15.6 Å². The first-order chi connectivity index (χ1) is 12.7. The van der Waals surface area contributed by atoms with Crippen molar-refractivity contribution in [2.24, 2.45) is 0 Å². The van der Waals surface area contributed by atoms with E-state index in [1.54, 1.807) is 60.1 Å². The minimum atomic E-state index is -0.419. The van der Waals surface area contributed by atoms with Crippen LogP contribution < -0.4 is 15.4 Å². The number of amides is 2. The fourth-order valence-electron chi connectivity index (χ4n) is 2.10. The van der Waals surface area contributed by atoms with Gasteiger partial charge in [0.05, 0.1) is 18.4 Å². The Morgan fingerprint density at radius 1 is 1.04 bits per heavy atom. The largest absolute Gasteiger partial charge is 0.465 e. The Morgan fingerprint density at radius 3 is 2.50 bits per heavy atom. The molecule has 0 saturated carbocycles. The summed E-state index contributed by atoms with van der Waals surface area (Å²) in [5.74, 6) is 0.567. The number of urea groups is 1. The Labute approximate surface area is 153 Å². The van der Waals surface area contributed by atoms with Gasteiger partial charge in [-0.15, -0.1) is 11.3 Å². The molecule has 0 aliphatic rings. The lowest BCUT2D eigenvalue weighted by Gasteiger charge is -2.12. The van der Waals surface area contributed by atoms with E-state index in [9.17, 15) is 9.59 Å². The van der Waals surface area contributed by atoms with Crippen molar-refractivity contribution in [1.29, 1.82) is 0 Å². The summed E-state index contributed by atoms with van der Waals surface area (Å²) in [5.41, 5.74) is 0.924. The number of benzene rings is 2. The molecule has 2 aromatic carbocycles. The highest BCUT2D eigenvalue weighted by molar-refractivity contribution is 7.13. The molecule has 0 aliphatic carbocycles. The molecule has 0 atom stereocenters. The van der Waals surface area contributed by atoms with Gasteiger partial charge in [0, 0.05) is 11.6 Å². The number of carbonyl (C=O) groups is 2. The molecule has 0 unspecified atom stereocenters. The molecule has 26 heavy (non-hydrogen) atoms. The number of aromatic nitrogens is 1. The van der Waals surface area contributed by atoms with Gasteiger partial charge in [0.2, 0.25) is 0 Å². The lowest BCUT2D eigenvalue weighted by atomic mass is 10.2. The average Bonchev–Trinajstić information content (AvgIpc) is 3.16. The molecule has 3 rings (SSSR count). The van der Waals surface area contributed by atoms with Crippen LogP contribution in [0.2, 0.25) is 0 Å². The summed E-state index contributed by atoms with van der Waals surface area (Å²) in [4.78, 5) is 27.5. The van der Waals surface area contributed by atoms with Crippen molar-refractivity contribution >= 4 is 34.2 Å². The maximum atomic E-state index is 12.1. The molecule has 0 bridgehead atoms. The summed E-state index contributed by atoms with van der Waals surface area (Å²) in [6.45, 7) is 0. The van der Waals surface area contributed by atoms with E-state index in [0.29, 0.717) is 27.9 Å². The molecule has 2 N–H and O–H groups in total. The lowest BCUT2D eigenvalue weighted by Crippen LogP contribution is -2.19. The van der Waals surface area contributed by atoms with Gasteiger partial charge in [-0.1, -0.05) is 12.1 Å². The van der Waals surface area contributed by atoms with Gasteiger partial charge >= 0.3 is 12.0 Å². The second kappa shape index (κ2) is 8.13. The predicted molar refractivity (Wildman–Crippen MR) is 99.1 cm³/mol. The molecular weight excluding hydrogens is 354 g/mol. The van der Waals surface area contributed by atoms with Crippen molar-refractivity contribution in [2.45, 2.75) is 0 Å². The number of nitrogens with zero attached hydrogens (tertiary/aromatic N) is 1. The first-order valence-electron chi connectivity index (χ1n) is 7.58.